The molecule has 0 aliphatic carbocycles. The highest BCUT2D eigenvalue weighted by Crippen LogP contribution is 2.36. The number of nitro benzene ring substituents is 1. The molecule has 0 atom stereocenters. The number of hydrogen-bond acceptors (Lipinski definition) is 7. The molecular weight excluding hydrogens is 352 g/mol. The van der Waals surface area contributed by atoms with Crippen molar-refractivity contribution in [3.63, 3.8) is 0 Å². The average molecular weight is 364 g/mol. The minimum atomic E-state index is -4.17. The first-order valence-electron chi connectivity index (χ1n) is 6.95. The molecule has 124 valence electrons. The third kappa shape index (κ3) is 2.84. The van der Waals surface area contributed by atoms with E-state index in [0.29, 0.717) is 18.5 Å². The van der Waals surface area contributed by atoms with Gasteiger partial charge in [-0.25, -0.2) is 8.42 Å². The van der Waals surface area contributed by atoms with Crippen molar-refractivity contribution in [1.82, 2.24) is 5.32 Å². The van der Waals surface area contributed by atoms with E-state index in [-0.39, 0.29) is 5.00 Å². The summed E-state index contributed by atoms with van der Waals surface area (Å²) in [5.41, 5.74) is 0.617. The Hall–Kier alpha value is -2.48. The van der Waals surface area contributed by atoms with Crippen molar-refractivity contribution in [3.05, 3.63) is 50.4 Å². The largest absolute Gasteiger partial charge is 0.312 e. The predicted octanol–water partition coefficient (Wildman–Crippen LogP) is 1.97. The Morgan fingerprint density at radius 2 is 2.12 bits per heavy atom. The summed E-state index contributed by atoms with van der Waals surface area (Å²) in [6.45, 7) is 1.29. The van der Waals surface area contributed by atoms with Gasteiger partial charge in [0, 0.05) is 17.5 Å². The van der Waals surface area contributed by atoms with Crippen LogP contribution in [0.4, 0.5) is 10.7 Å². The molecule has 0 saturated heterocycles. The smallest absolute Gasteiger partial charge is 0.289 e. The predicted molar refractivity (Wildman–Crippen MR) is 88.3 cm³/mol. The lowest BCUT2D eigenvalue weighted by molar-refractivity contribution is -0.387. The summed E-state index contributed by atoms with van der Waals surface area (Å²) >= 11 is 1.18. The summed E-state index contributed by atoms with van der Waals surface area (Å²) in [7, 11) is -4.17. The third-order valence-corrected chi connectivity index (χ3v) is 6.29. The first-order valence-corrected chi connectivity index (χ1v) is 9.25. The SMILES string of the molecule is N#Cc1c(NS(=O)(=O)c2ccccc2[N+](=O)[O-])sc2c1CCNC2. The fraction of sp³-hybridized carbons (Fsp3) is 0.214. The van der Waals surface area contributed by atoms with Gasteiger partial charge in [-0.2, -0.15) is 5.26 Å². The molecule has 1 aliphatic heterocycles. The number of rotatable bonds is 4. The summed E-state index contributed by atoms with van der Waals surface area (Å²) in [6, 6.07) is 7.14. The van der Waals surface area contributed by atoms with Crippen LogP contribution < -0.4 is 10.0 Å². The van der Waals surface area contributed by atoms with E-state index in [9.17, 15) is 23.8 Å². The third-order valence-electron chi connectivity index (χ3n) is 3.62. The number of anilines is 1. The highest BCUT2D eigenvalue weighted by molar-refractivity contribution is 7.93. The van der Waals surface area contributed by atoms with E-state index in [4.69, 9.17) is 0 Å². The van der Waals surface area contributed by atoms with Crippen LogP contribution in [0, 0.1) is 21.4 Å². The lowest BCUT2D eigenvalue weighted by atomic mass is 10.1. The Morgan fingerprint density at radius 1 is 1.38 bits per heavy atom. The maximum Gasteiger partial charge on any atom is 0.289 e. The average Bonchev–Trinajstić information content (AvgIpc) is 2.91. The molecule has 10 heteroatoms. The molecule has 3 rings (SSSR count). The zero-order chi connectivity index (χ0) is 17.3. The second-order valence-corrected chi connectivity index (χ2v) is 7.83. The highest BCUT2D eigenvalue weighted by Gasteiger charge is 2.28. The van der Waals surface area contributed by atoms with E-state index in [1.807, 2.05) is 6.07 Å². The molecule has 0 saturated carbocycles. The lowest BCUT2D eigenvalue weighted by Gasteiger charge is -2.11. The molecule has 0 radical (unpaired) electrons. The van der Waals surface area contributed by atoms with Gasteiger partial charge < -0.3 is 5.32 Å². The van der Waals surface area contributed by atoms with Crippen LogP contribution in [-0.4, -0.2) is 19.9 Å². The van der Waals surface area contributed by atoms with Crippen molar-refractivity contribution in [2.75, 3.05) is 11.3 Å². The molecule has 0 unspecified atom stereocenters. The number of thiophene rings is 1. The number of fused-ring (bicyclic) bond motifs is 1. The molecule has 1 aromatic heterocycles. The summed E-state index contributed by atoms with van der Waals surface area (Å²) in [6.07, 6.45) is 0.641. The molecule has 8 nitrogen and oxygen atoms in total. The number of nitrogens with one attached hydrogen (secondary N) is 2. The van der Waals surface area contributed by atoms with Gasteiger partial charge >= 0.3 is 0 Å². The number of benzene rings is 1. The van der Waals surface area contributed by atoms with E-state index < -0.39 is 25.5 Å². The summed E-state index contributed by atoms with van der Waals surface area (Å²) < 4.78 is 27.5. The molecule has 2 aromatic rings. The second kappa shape index (κ2) is 6.20. The first kappa shape index (κ1) is 16.4. The zero-order valence-corrected chi connectivity index (χ0v) is 13.9. The van der Waals surface area contributed by atoms with E-state index >= 15 is 0 Å². The lowest BCUT2D eigenvalue weighted by Crippen LogP contribution is -2.22. The number of nitrogens with zero attached hydrogens (tertiary/aromatic N) is 2. The molecule has 0 fully saturated rings. The van der Waals surface area contributed by atoms with Crippen LogP contribution in [0.2, 0.25) is 0 Å². The van der Waals surface area contributed by atoms with Gasteiger partial charge in [0.1, 0.15) is 11.1 Å². The molecular formula is C14H12N4O4S2. The minimum absolute atomic E-state index is 0.198. The monoisotopic (exact) mass is 364 g/mol. The van der Waals surface area contributed by atoms with Crippen molar-refractivity contribution in [1.29, 1.82) is 5.26 Å². The van der Waals surface area contributed by atoms with Gasteiger partial charge in [-0.05, 0) is 24.6 Å². The minimum Gasteiger partial charge on any atom is -0.312 e. The van der Waals surface area contributed by atoms with Gasteiger partial charge in [-0.3, -0.25) is 14.8 Å². The molecule has 1 aliphatic rings. The molecule has 1 aromatic carbocycles. The number of nitriles is 1. The number of sulfonamides is 1. The van der Waals surface area contributed by atoms with E-state index in [2.05, 4.69) is 10.0 Å². The Kier molecular flexibility index (Phi) is 4.23. The van der Waals surface area contributed by atoms with Crippen LogP contribution in [0.25, 0.3) is 0 Å². The van der Waals surface area contributed by atoms with Gasteiger partial charge in [0.2, 0.25) is 0 Å². The fourth-order valence-corrected chi connectivity index (χ4v) is 5.18. The summed E-state index contributed by atoms with van der Waals surface area (Å²) in [5.74, 6) is 0. The summed E-state index contributed by atoms with van der Waals surface area (Å²) in [4.78, 5) is 10.8. The molecule has 24 heavy (non-hydrogen) atoms. The van der Waals surface area contributed by atoms with Crippen molar-refractivity contribution in [3.8, 4) is 6.07 Å². The molecule has 2 N–H and O–H groups in total. The molecule has 0 bridgehead atoms. The Balaban J connectivity index is 2.04. The van der Waals surface area contributed by atoms with Gasteiger partial charge in [0.05, 0.1) is 10.5 Å². The van der Waals surface area contributed by atoms with E-state index in [1.165, 1.54) is 29.5 Å². The highest BCUT2D eigenvalue weighted by atomic mass is 32.2. The van der Waals surface area contributed by atoms with Crippen LogP contribution in [0.15, 0.2) is 29.2 Å². The Morgan fingerprint density at radius 3 is 2.83 bits per heavy atom. The zero-order valence-electron chi connectivity index (χ0n) is 12.3. The maximum atomic E-state index is 12.6. The van der Waals surface area contributed by atoms with Crippen molar-refractivity contribution < 1.29 is 13.3 Å². The second-order valence-electron chi connectivity index (χ2n) is 5.08. The van der Waals surface area contributed by atoms with Crippen LogP contribution in [0.1, 0.15) is 16.0 Å². The normalized spacial score (nSPS) is 13.8. The van der Waals surface area contributed by atoms with Gasteiger partial charge in [0.15, 0.2) is 4.90 Å². The Labute approximate surface area is 141 Å². The quantitative estimate of drug-likeness (QED) is 0.631. The van der Waals surface area contributed by atoms with E-state index in [0.717, 1.165) is 23.1 Å². The standard InChI is InChI=1S/C14H12N4O4S2/c15-7-10-9-5-6-16-8-12(9)23-14(10)17-24(21,22)13-4-2-1-3-11(13)18(19)20/h1-4,16-17H,5-6,8H2. The molecule has 0 amide bonds. The van der Waals surface area contributed by atoms with Crippen LogP contribution >= 0.6 is 11.3 Å². The van der Waals surface area contributed by atoms with Gasteiger partial charge in [0.25, 0.3) is 15.7 Å². The number of hydrogen-bond donors (Lipinski definition) is 2. The summed E-state index contributed by atoms with van der Waals surface area (Å²) in [5, 5.41) is 23.8. The Bertz CT molecular complexity index is 960. The molecule has 0 spiro atoms. The van der Waals surface area contributed by atoms with Crippen LogP contribution in [-0.2, 0) is 23.0 Å². The van der Waals surface area contributed by atoms with Gasteiger partial charge in [-0.1, -0.05) is 12.1 Å². The first-order chi connectivity index (χ1) is 11.4. The van der Waals surface area contributed by atoms with Crippen molar-refractivity contribution in [2.45, 2.75) is 17.9 Å². The maximum absolute atomic E-state index is 12.6. The fourth-order valence-electron chi connectivity index (χ4n) is 2.54. The van der Waals surface area contributed by atoms with Crippen LogP contribution in [0.3, 0.4) is 0 Å². The number of para-hydroxylation sites is 1. The van der Waals surface area contributed by atoms with Crippen molar-refractivity contribution >= 4 is 32.0 Å². The van der Waals surface area contributed by atoms with Crippen LogP contribution in [0.5, 0.6) is 0 Å². The number of nitro groups is 1. The van der Waals surface area contributed by atoms with E-state index in [1.54, 1.807) is 0 Å². The topological polar surface area (TPSA) is 125 Å². The van der Waals surface area contributed by atoms with Crippen molar-refractivity contribution in [2.24, 2.45) is 0 Å². The molecule has 2 heterocycles. The van der Waals surface area contributed by atoms with Gasteiger partial charge in [-0.15, -0.1) is 11.3 Å².